The number of pyridine rings is 1. The van der Waals surface area contributed by atoms with Crippen LogP contribution >= 0.6 is 11.6 Å². The minimum Gasteiger partial charge on any atom is -0.489 e. The van der Waals surface area contributed by atoms with Gasteiger partial charge in [0.1, 0.15) is 23.9 Å². The van der Waals surface area contributed by atoms with E-state index in [1.165, 1.54) is 12.3 Å². The van der Waals surface area contributed by atoms with E-state index in [2.05, 4.69) is 9.88 Å². The molecule has 1 aromatic heterocycles. The van der Waals surface area contributed by atoms with E-state index in [-0.39, 0.29) is 11.8 Å². The first-order valence-electron chi connectivity index (χ1n) is 7.40. The molecule has 0 saturated carbocycles. The second kappa shape index (κ2) is 6.83. The third kappa shape index (κ3) is 3.71. The van der Waals surface area contributed by atoms with Gasteiger partial charge in [-0.05, 0) is 18.2 Å². The maximum Gasteiger partial charge on any atom is 0.287 e. The van der Waals surface area contributed by atoms with Gasteiger partial charge in [0, 0.05) is 32.0 Å². The maximum absolute atomic E-state index is 10.7. The third-order valence-electron chi connectivity index (χ3n) is 3.84. The fraction of sp³-hybridized carbons (Fsp3) is 0.312. The van der Waals surface area contributed by atoms with Crippen molar-refractivity contribution in [1.29, 1.82) is 0 Å². The molecule has 0 bridgehead atoms. The summed E-state index contributed by atoms with van der Waals surface area (Å²) in [6, 6.07) is 10.6. The number of aromatic nitrogens is 1. The Balaban J connectivity index is 1.58. The molecular weight excluding hydrogens is 318 g/mol. The Morgan fingerprint density at radius 2 is 1.96 bits per heavy atom. The molecule has 1 aliphatic rings. The van der Waals surface area contributed by atoms with E-state index >= 15 is 0 Å². The van der Waals surface area contributed by atoms with Crippen LogP contribution in [0.5, 0.6) is 5.75 Å². The number of hydrogen-bond donors (Lipinski definition) is 0. The largest absolute Gasteiger partial charge is 0.489 e. The first kappa shape index (κ1) is 15.6. The molecule has 0 amide bonds. The van der Waals surface area contributed by atoms with Crippen LogP contribution in [0.15, 0.2) is 42.6 Å². The number of halogens is 1. The molecule has 1 aliphatic heterocycles. The minimum absolute atomic E-state index is 0.00527. The molecule has 0 aliphatic carbocycles. The number of nitrogens with zero attached hydrogens (tertiary/aromatic N) is 3. The number of benzene rings is 1. The second-order valence-electron chi connectivity index (χ2n) is 5.37. The predicted molar refractivity (Wildman–Crippen MR) is 88.2 cm³/mol. The topological polar surface area (TPSA) is 68.5 Å². The summed E-state index contributed by atoms with van der Waals surface area (Å²) < 4.78 is 5.95. The Morgan fingerprint density at radius 3 is 2.57 bits per heavy atom. The highest BCUT2D eigenvalue weighted by atomic mass is 35.5. The van der Waals surface area contributed by atoms with Gasteiger partial charge < -0.3 is 9.64 Å². The van der Waals surface area contributed by atoms with Gasteiger partial charge in [-0.1, -0.05) is 23.7 Å². The molecule has 2 heterocycles. The van der Waals surface area contributed by atoms with Crippen LogP contribution < -0.4 is 9.64 Å². The Bertz CT molecular complexity index is 685. The molecule has 23 heavy (non-hydrogen) atoms. The Morgan fingerprint density at radius 1 is 1.22 bits per heavy atom. The molecular formula is C16H16ClN3O3. The summed E-state index contributed by atoms with van der Waals surface area (Å²) in [5.41, 5.74) is 0.00527. The van der Waals surface area contributed by atoms with Crippen LogP contribution in [0.4, 0.5) is 11.5 Å². The quantitative estimate of drug-likeness (QED) is 0.630. The maximum atomic E-state index is 10.7. The standard InChI is InChI=1S/C16H16ClN3O3/c17-14-3-1-2-4-15(14)23-13-7-9-19(10-8-13)16-6-5-12(11-18-16)20(21)22/h1-6,11,13H,7-10H2. The van der Waals surface area contributed by atoms with Crippen molar-refractivity contribution in [1.82, 2.24) is 4.98 Å². The zero-order valence-corrected chi connectivity index (χ0v) is 13.1. The summed E-state index contributed by atoms with van der Waals surface area (Å²) in [6.45, 7) is 1.58. The highest BCUT2D eigenvalue weighted by molar-refractivity contribution is 6.32. The van der Waals surface area contributed by atoms with Crippen LogP contribution in [-0.2, 0) is 0 Å². The Hall–Kier alpha value is -2.34. The van der Waals surface area contributed by atoms with E-state index in [1.54, 1.807) is 6.07 Å². The van der Waals surface area contributed by atoms with Crippen molar-refractivity contribution in [2.45, 2.75) is 18.9 Å². The van der Waals surface area contributed by atoms with Gasteiger partial charge in [-0.2, -0.15) is 0 Å². The SMILES string of the molecule is O=[N+]([O-])c1ccc(N2CCC(Oc3ccccc3Cl)CC2)nc1. The average Bonchev–Trinajstić information content (AvgIpc) is 2.58. The van der Waals surface area contributed by atoms with Crippen molar-refractivity contribution in [2.24, 2.45) is 0 Å². The summed E-state index contributed by atoms with van der Waals surface area (Å²) in [4.78, 5) is 16.5. The van der Waals surface area contributed by atoms with Crippen molar-refractivity contribution in [3.63, 3.8) is 0 Å². The lowest BCUT2D eigenvalue weighted by Crippen LogP contribution is -2.38. The van der Waals surface area contributed by atoms with E-state index < -0.39 is 4.92 Å². The second-order valence-corrected chi connectivity index (χ2v) is 5.77. The number of rotatable bonds is 4. The molecule has 0 radical (unpaired) electrons. The van der Waals surface area contributed by atoms with Crippen LogP contribution in [0.3, 0.4) is 0 Å². The van der Waals surface area contributed by atoms with E-state index in [9.17, 15) is 10.1 Å². The summed E-state index contributed by atoms with van der Waals surface area (Å²) in [7, 11) is 0. The highest BCUT2D eigenvalue weighted by Gasteiger charge is 2.22. The van der Waals surface area contributed by atoms with Crippen LogP contribution in [0, 0.1) is 10.1 Å². The van der Waals surface area contributed by atoms with Gasteiger partial charge in [0.05, 0.1) is 9.95 Å². The molecule has 1 saturated heterocycles. The van der Waals surface area contributed by atoms with E-state index in [1.807, 2.05) is 24.3 Å². The van der Waals surface area contributed by atoms with Crippen LogP contribution in [0.2, 0.25) is 5.02 Å². The van der Waals surface area contributed by atoms with Gasteiger partial charge >= 0.3 is 0 Å². The number of anilines is 1. The summed E-state index contributed by atoms with van der Waals surface area (Å²) in [5.74, 6) is 1.47. The summed E-state index contributed by atoms with van der Waals surface area (Å²) in [6.07, 6.45) is 3.11. The molecule has 2 aromatic rings. The van der Waals surface area contributed by atoms with Crippen molar-refractivity contribution < 1.29 is 9.66 Å². The molecule has 1 fully saturated rings. The van der Waals surface area contributed by atoms with E-state index in [4.69, 9.17) is 16.3 Å². The lowest BCUT2D eigenvalue weighted by atomic mass is 10.1. The van der Waals surface area contributed by atoms with E-state index in [0.717, 1.165) is 31.7 Å². The van der Waals surface area contributed by atoms with Gasteiger partial charge in [0.25, 0.3) is 5.69 Å². The van der Waals surface area contributed by atoms with Crippen LogP contribution in [0.1, 0.15) is 12.8 Å². The van der Waals surface area contributed by atoms with Gasteiger partial charge in [-0.15, -0.1) is 0 Å². The molecule has 1 aromatic carbocycles. The number of piperidine rings is 1. The van der Waals surface area contributed by atoms with Gasteiger partial charge in [-0.3, -0.25) is 10.1 Å². The Kier molecular flexibility index (Phi) is 4.62. The van der Waals surface area contributed by atoms with Gasteiger partial charge in [0.2, 0.25) is 0 Å². The fourth-order valence-electron chi connectivity index (χ4n) is 2.60. The van der Waals surface area contributed by atoms with Crippen LogP contribution in [0.25, 0.3) is 0 Å². The predicted octanol–water partition coefficient (Wildman–Crippen LogP) is 3.69. The van der Waals surface area contributed by atoms with Crippen molar-refractivity contribution in [3.05, 3.63) is 57.7 Å². The van der Waals surface area contributed by atoms with E-state index in [0.29, 0.717) is 10.8 Å². The molecule has 7 heteroatoms. The lowest BCUT2D eigenvalue weighted by molar-refractivity contribution is -0.385. The fourth-order valence-corrected chi connectivity index (χ4v) is 2.78. The number of hydrogen-bond acceptors (Lipinski definition) is 5. The first-order chi connectivity index (χ1) is 11.1. The molecule has 3 rings (SSSR count). The van der Waals surface area contributed by atoms with Crippen molar-refractivity contribution >= 4 is 23.1 Å². The van der Waals surface area contributed by atoms with Crippen molar-refractivity contribution in [3.8, 4) is 5.75 Å². The van der Waals surface area contributed by atoms with Crippen molar-refractivity contribution in [2.75, 3.05) is 18.0 Å². The first-order valence-corrected chi connectivity index (χ1v) is 7.78. The molecule has 0 N–H and O–H groups in total. The zero-order valence-electron chi connectivity index (χ0n) is 12.4. The molecule has 6 nitrogen and oxygen atoms in total. The molecule has 0 unspecified atom stereocenters. The summed E-state index contributed by atoms with van der Waals surface area (Å²) >= 11 is 6.11. The smallest absolute Gasteiger partial charge is 0.287 e. The zero-order chi connectivity index (χ0) is 16.2. The molecule has 120 valence electrons. The van der Waals surface area contributed by atoms with Gasteiger partial charge in [0.15, 0.2) is 0 Å². The summed E-state index contributed by atoms with van der Waals surface area (Å²) in [5, 5.41) is 11.3. The average molecular weight is 334 g/mol. The normalized spacial score (nSPS) is 15.4. The lowest BCUT2D eigenvalue weighted by Gasteiger charge is -2.33. The number of ether oxygens (including phenoxy) is 1. The Labute approximate surface area is 138 Å². The van der Waals surface area contributed by atoms with Crippen LogP contribution in [-0.4, -0.2) is 29.1 Å². The number of nitro groups is 1. The minimum atomic E-state index is -0.444. The highest BCUT2D eigenvalue weighted by Crippen LogP contribution is 2.27. The monoisotopic (exact) mass is 333 g/mol. The number of para-hydroxylation sites is 1. The third-order valence-corrected chi connectivity index (χ3v) is 4.15. The van der Waals surface area contributed by atoms with Gasteiger partial charge in [-0.25, -0.2) is 4.98 Å². The molecule has 0 spiro atoms. The molecule has 0 atom stereocenters.